The van der Waals surface area contributed by atoms with Gasteiger partial charge in [-0.05, 0) is 12.8 Å². The van der Waals surface area contributed by atoms with Gasteiger partial charge in [0.25, 0.3) is 0 Å². The average Bonchev–Trinajstić information content (AvgIpc) is 2.11. The molecule has 0 amide bonds. The molecule has 0 atom stereocenters. The molecule has 0 saturated heterocycles. The van der Waals surface area contributed by atoms with Gasteiger partial charge < -0.3 is 5.11 Å². The zero-order chi connectivity index (χ0) is 9.36. The molecule has 0 aromatic heterocycles. The highest BCUT2D eigenvalue weighted by atomic mass is 16.3. The Labute approximate surface area is 81.1 Å². The number of nitrogens with zero attached hydrogens (tertiary/aromatic N) is 1. The molecule has 0 aromatic rings. The van der Waals surface area contributed by atoms with Crippen molar-refractivity contribution in [2.75, 3.05) is 6.54 Å². The van der Waals surface area contributed by atoms with Crippen LogP contribution in [0.4, 0.5) is 0 Å². The van der Waals surface area contributed by atoms with Crippen LogP contribution in [-0.4, -0.2) is 17.5 Å². The van der Waals surface area contributed by atoms with Crippen molar-refractivity contribution in [3.63, 3.8) is 0 Å². The molecular formula is C11H21NO. The van der Waals surface area contributed by atoms with Gasteiger partial charge in [0.05, 0.1) is 0 Å². The summed E-state index contributed by atoms with van der Waals surface area (Å²) >= 11 is 0. The second-order valence-corrected chi connectivity index (χ2v) is 3.88. The van der Waals surface area contributed by atoms with E-state index >= 15 is 0 Å². The first kappa shape index (κ1) is 10.6. The standard InChI is InChI=1S/C11H21NO/c13-11-9-7-5-3-1-2-4-6-8-10-12-11/h1-10H2,(H,12,13). The Kier molecular flexibility index (Phi) is 5.62. The summed E-state index contributed by atoms with van der Waals surface area (Å²) in [6, 6.07) is 0. The highest BCUT2D eigenvalue weighted by Gasteiger charge is 1.98. The van der Waals surface area contributed by atoms with Crippen LogP contribution in [0.2, 0.25) is 0 Å². The first-order chi connectivity index (χ1) is 6.39. The van der Waals surface area contributed by atoms with Crippen LogP contribution in [0.3, 0.4) is 0 Å². The minimum Gasteiger partial charge on any atom is -0.497 e. The molecule has 1 N–H and O–H groups in total. The van der Waals surface area contributed by atoms with Gasteiger partial charge in [-0.2, -0.15) is 0 Å². The molecular weight excluding hydrogens is 162 g/mol. The fourth-order valence-corrected chi connectivity index (χ4v) is 1.74. The third-order valence-electron chi connectivity index (χ3n) is 2.60. The number of aliphatic imine (C=N–C) groups is 1. The van der Waals surface area contributed by atoms with Gasteiger partial charge in [-0.15, -0.1) is 0 Å². The molecule has 2 nitrogen and oxygen atoms in total. The van der Waals surface area contributed by atoms with Crippen LogP contribution in [0, 0.1) is 0 Å². The summed E-state index contributed by atoms with van der Waals surface area (Å²) in [6.45, 7) is 0.825. The number of aliphatic hydroxyl groups is 1. The first-order valence-corrected chi connectivity index (χ1v) is 5.62. The summed E-state index contributed by atoms with van der Waals surface area (Å²) in [6.07, 6.45) is 11.0. The Bertz CT molecular complexity index is 154. The van der Waals surface area contributed by atoms with Crippen molar-refractivity contribution in [1.82, 2.24) is 0 Å². The Hall–Kier alpha value is -0.530. The van der Waals surface area contributed by atoms with Crippen LogP contribution in [-0.2, 0) is 0 Å². The Morgan fingerprint density at radius 3 is 2.00 bits per heavy atom. The van der Waals surface area contributed by atoms with Crippen LogP contribution in [0.25, 0.3) is 0 Å². The van der Waals surface area contributed by atoms with Gasteiger partial charge in [0.15, 0.2) is 5.90 Å². The van der Waals surface area contributed by atoms with E-state index in [0.29, 0.717) is 5.90 Å². The molecule has 0 radical (unpaired) electrons. The molecule has 1 aliphatic heterocycles. The highest BCUT2D eigenvalue weighted by molar-refractivity contribution is 5.73. The van der Waals surface area contributed by atoms with E-state index in [0.717, 1.165) is 25.8 Å². The lowest BCUT2D eigenvalue weighted by molar-refractivity contribution is 0.502. The van der Waals surface area contributed by atoms with Gasteiger partial charge >= 0.3 is 0 Å². The van der Waals surface area contributed by atoms with Crippen molar-refractivity contribution in [2.45, 2.75) is 57.8 Å². The second-order valence-electron chi connectivity index (χ2n) is 3.88. The largest absolute Gasteiger partial charge is 0.497 e. The minimum atomic E-state index is 0.376. The Morgan fingerprint density at radius 1 is 0.769 bits per heavy atom. The fraction of sp³-hybridized carbons (Fsp3) is 0.909. The van der Waals surface area contributed by atoms with Gasteiger partial charge in [-0.1, -0.05) is 38.5 Å². The van der Waals surface area contributed by atoms with Gasteiger partial charge in [0, 0.05) is 13.0 Å². The van der Waals surface area contributed by atoms with Crippen LogP contribution in [0.5, 0.6) is 0 Å². The highest BCUT2D eigenvalue weighted by Crippen LogP contribution is 2.11. The SMILES string of the molecule is O/C1=N/CCCCCCCCCC1. The smallest absolute Gasteiger partial charge is 0.180 e. The Morgan fingerprint density at radius 2 is 1.31 bits per heavy atom. The lowest BCUT2D eigenvalue weighted by Gasteiger charge is -2.04. The summed E-state index contributed by atoms with van der Waals surface area (Å²) in [5, 5.41) is 9.34. The van der Waals surface area contributed by atoms with Gasteiger partial charge in [0.1, 0.15) is 0 Å². The third-order valence-corrected chi connectivity index (χ3v) is 2.60. The first-order valence-electron chi connectivity index (χ1n) is 5.62. The molecule has 0 fully saturated rings. The van der Waals surface area contributed by atoms with E-state index in [-0.39, 0.29) is 0 Å². The molecule has 0 bridgehead atoms. The maximum Gasteiger partial charge on any atom is 0.180 e. The fourth-order valence-electron chi connectivity index (χ4n) is 1.74. The molecule has 1 aliphatic rings. The molecule has 76 valence electrons. The maximum atomic E-state index is 9.34. The maximum absolute atomic E-state index is 9.34. The topological polar surface area (TPSA) is 32.6 Å². The van der Waals surface area contributed by atoms with Crippen molar-refractivity contribution in [1.29, 1.82) is 0 Å². The van der Waals surface area contributed by atoms with E-state index in [1.165, 1.54) is 38.5 Å². The van der Waals surface area contributed by atoms with Crippen LogP contribution >= 0.6 is 0 Å². The van der Waals surface area contributed by atoms with Crippen LogP contribution in [0.15, 0.2) is 4.99 Å². The van der Waals surface area contributed by atoms with Crippen LogP contribution < -0.4 is 0 Å². The quantitative estimate of drug-likeness (QED) is 0.612. The predicted octanol–water partition coefficient (Wildman–Crippen LogP) is 3.47. The van der Waals surface area contributed by atoms with Gasteiger partial charge in [-0.3, -0.25) is 4.99 Å². The predicted molar refractivity (Wildman–Crippen MR) is 56.5 cm³/mol. The number of hydrogen-bond acceptors (Lipinski definition) is 1. The lowest BCUT2D eigenvalue weighted by atomic mass is 10.1. The average molecular weight is 183 g/mol. The Balaban J connectivity index is 2.23. The van der Waals surface area contributed by atoms with Crippen molar-refractivity contribution in [2.24, 2.45) is 4.99 Å². The molecule has 0 aliphatic carbocycles. The molecule has 0 saturated carbocycles. The molecule has 0 aromatic carbocycles. The molecule has 13 heavy (non-hydrogen) atoms. The third kappa shape index (κ3) is 5.67. The van der Waals surface area contributed by atoms with E-state index in [1.807, 2.05) is 0 Å². The zero-order valence-corrected chi connectivity index (χ0v) is 8.47. The summed E-state index contributed by atoms with van der Waals surface area (Å²) in [5.74, 6) is 0.376. The van der Waals surface area contributed by atoms with E-state index in [2.05, 4.69) is 4.99 Å². The summed E-state index contributed by atoms with van der Waals surface area (Å²) in [5.41, 5.74) is 0. The number of hydrogen-bond donors (Lipinski definition) is 1. The van der Waals surface area contributed by atoms with Crippen LogP contribution in [0.1, 0.15) is 57.8 Å². The molecule has 0 unspecified atom stereocenters. The van der Waals surface area contributed by atoms with Crippen molar-refractivity contribution in [3.05, 3.63) is 0 Å². The van der Waals surface area contributed by atoms with Crippen molar-refractivity contribution < 1.29 is 5.11 Å². The summed E-state index contributed by atoms with van der Waals surface area (Å²) in [7, 11) is 0. The van der Waals surface area contributed by atoms with Gasteiger partial charge in [0.2, 0.25) is 0 Å². The molecule has 1 heterocycles. The summed E-state index contributed by atoms with van der Waals surface area (Å²) in [4.78, 5) is 4.13. The molecule has 2 heteroatoms. The monoisotopic (exact) mass is 183 g/mol. The zero-order valence-electron chi connectivity index (χ0n) is 8.47. The van der Waals surface area contributed by atoms with Crippen molar-refractivity contribution >= 4 is 5.90 Å². The second kappa shape index (κ2) is 6.93. The number of aliphatic hydroxyl groups excluding tert-OH is 1. The molecule has 0 spiro atoms. The van der Waals surface area contributed by atoms with Crippen molar-refractivity contribution in [3.8, 4) is 0 Å². The normalized spacial score (nSPS) is 26.6. The van der Waals surface area contributed by atoms with E-state index < -0.39 is 0 Å². The lowest BCUT2D eigenvalue weighted by Crippen LogP contribution is -1.99. The minimum absolute atomic E-state index is 0.376. The molecule has 1 rings (SSSR count). The van der Waals surface area contributed by atoms with E-state index in [9.17, 15) is 5.11 Å². The van der Waals surface area contributed by atoms with E-state index in [4.69, 9.17) is 0 Å². The van der Waals surface area contributed by atoms with Gasteiger partial charge in [-0.25, -0.2) is 0 Å². The van der Waals surface area contributed by atoms with E-state index in [1.54, 1.807) is 0 Å². The summed E-state index contributed by atoms with van der Waals surface area (Å²) < 4.78 is 0. The number of rotatable bonds is 0.